The van der Waals surface area contributed by atoms with Gasteiger partial charge in [-0.1, -0.05) is 49.3 Å². The maximum absolute atomic E-state index is 11.0. The van der Waals surface area contributed by atoms with E-state index in [0.29, 0.717) is 42.4 Å². The third kappa shape index (κ3) is 4.94. The van der Waals surface area contributed by atoms with Gasteiger partial charge in [-0.3, -0.25) is 0 Å². The van der Waals surface area contributed by atoms with Crippen LogP contribution in [0.4, 0.5) is 0 Å². The summed E-state index contributed by atoms with van der Waals surface area (Å²) in [5.74, 6) is 2.63. The van der Waals surface area contributed by atoms with Crippen LogP contribution in [0.1, 0.15) is 90.0 Å². The molecular formula is C31H44N2O3. The Morgan fingerprint density at radius 2 is 1.86 bits per heavy atom. The van der Waals surface area contributed by atoms with Gasteiger partial charge < -0.3 is 19.9 Å². The largest absolute Gasteiger partial charge is 0.393 e. The Bertz CT molecular complexity index is 1120. The normalized spacial score (nSPS) is 33.6. The molecule has 7 atom stereocenters. The van der Waals surface area contributed by atoms with Gasteiger partial charge in [-0.25, -0.2) is 4.98 Å². The van der Waals surface area contributed by atoms with Crippen LogP contribution in [0.15, 0.2) is 47.6 Å². The Morgan fingerprint density at radius 1 is 1.11 bits per heavy atom. The summed E-state index contributed by atoms with van der Waals surface area (Å²) in [5, 5.41) is 31.1. The van der Waals surface area contributed by atoms with Gasteiger partial charge in [-0.2, -0.15) is 0 Å². The zero-order valence-corrected chi connectivity index (χ0v) is 22.2. The maximum atomic E-state index is 11.0. The summed E-state index contributed by atoms with van der Waals surface area (Å²) in [6.07, 6.45) is 13.0. The molecule has 0 radical (unpaired) electrons. The number of aryl methyl sites for hydroxylation is 1. The van der Waals surface area contributed by atoms with Crippen molar-refractivity contribution in [2.24, 2.45) is 30.2 Å². The lowest BCUT2D eigenvalue weighted by molar-refractivity contribution is 0.0609. The highest BCUT2D eigenvalue weighted by molar-refractivity contribution is 5.75. The van der Waals surface area contributed by atoms with Gasteiger partial charge in [0.05, 0.1) is 23.2 Å². The lowest BCUT2D eigenvalue weighted by Crippen LogP contribution is -2.36. The molecule has 1 heterocycles. The summed E-state index contributed by atoms with van der Waals surface area (Å²) in [6, 6.07) is 8.08. The molecule has 3 aliphatic carbocycles. The molecule has 3 saturated carbocycles. The van der Waals surface area contributed by atoms with Gasteiger partial charge in [0, 0.05) is 7.05 Å². The molecule has 0 spiro atoms. The molecule has 1 aromatic heterocycles. The van der Waals surface area contributed by atoms with Crippen LogP contribution in [0, 0.1) is 23.2 Å². The quantitative estimate of drug-likeness (QED) is 0.462. The van der Waals surface area contributed by atoms with E-state index in [1.54, 1.807) is 5.57 Å². The molecule has 5 rings (SSSR count). The van der Waals surface area contributed by atoms with Gasteiger partial charge in [0.15, 0.2) is 0 Å². The van der Waals surface area contributed by atoms with E-state index >= 15 is 0 Å². The molecule has 0 bridgehead atoms. The van der Waals surface area contributed by atoms with Crippen molar-refractivity contribution in [2.75, 3.05) is 0 Å². The van der Waals surface area contributed by atoms with E-state index in [1.807, 2.05) is 29.8 Å². The molecule has 1 aromatic carbocycles. The molecule has 2 aromatic rings. The highest BCUT2D eigenvalue weighted by Crippen LogP contribution is 2.60. The molecule has 5 nitrogen and oxygen atoms in total. The minimum absolute atomic E-state index is 0.316. The molecule has 3 fully saturated rings. The van der Waals surface area contributed by atoms with Crippen molar-refractivity contribution >= 4 is 11.0 Å². The molecule has 3 aliphatic rings. The number of para-hydroxylation sites is 2. The number of rotatable bonds is 6. The van der Waals surface area contributed by atoms with Crippen LogP contribution in [0.5, 0.6) is 0 Å². The minimum atomic E-state index is -0.538. The molecule has 196 valence electrons. The highest BCUT2D eigenvalue weighted by atomic mass is 16.3. The second kappa shape index (κ2) is 10.4. The Balaban J connectivity index is 1.24. The zero-order valence-electron chi connectivity index (χ0n) is 22.2. The number of aromatic nitrogens is 2. The van der Waals surface area contributed by atoms with Crippen molar-refractivity contribution in [3.63, 3.8) is 0 Å². The van der Waals surface area contributed by atoms with E-state index < -0.39 is 18.3 Å². The summed E-state index contributed by atoms with van der Waals surface area (Å²) in [4.78, 5) is 4.71. The summed E-state index contributed by atoms with van der Waals surface area (Å²) in [6.45, 7) is 4.91. The molecular weight excluding hydrogens is 448 g/mol. The molecule has 36 heavy (non-hydrogen) atoms. The Hall–Kier alpha value is -1.95. The van der Waals surface area contributed by atoms with Crippen LogP contribution >= 0.6 is 0 Å². The van der Waals surface area contributed by atoms with Crippen LogP contribution in [-0.2, 0) is 7.05 Å². The smallest absolute Gasteiger partial charge is 0.138 e. The fourth-order valence-corrected chi connectivity index (χ4v) is 7.96. The molecule has 3 N–H and O–H groups in total. The van der Waals surface area contributed by atoms with Crippen molar-refractivity contribution in [2.45, 2.75) is 96.4 Å². The number of hydrogen-bond donors (Lipinski definition) is 3. The lowest BCUT2D eigenvalue weighted by atomic mass is 9.60. The van der Waals surface area contributed by atoms with Crippen molar-refractivity contribution in [1.82, 2.24) is 9.55 Å². The fraction of sp³-hybridized carbons (Fsp3) is 0.645. The second-order valence-corrected chi connectivity index (χ2v) is 12.2. The molecule has 5 heteroatoms. The number of imidazole rings is 1. The van der Waals surface area contributed by atoms with Crippen LogP contribution in [0.3, 0.4) is 0 Å². The average Bonchev–Trinajstić information content (AvgIpc) is 3.38. The molecule has 0 unspecified atom stereocenters. The van der Waals surface area contributed by atoms with Crippen molar-refractivity contribution in [1.29, 1.82) is 0 Å². The Morgan fingerprint density at radius 3 is 2.61 bits per heavy atom. The number of fused-ring (bicyclic) bond motifs is 2. The fourth-order valence-electron chi connectivity index (χ4n) is 7.96. The zero-order chi connectivity index (χ0) is 25.4. The lowest BCUT2D eigenvalue weighted by Gasteiger charge is -2.44. The van der Waals surface area contributed by atoms with Crippen molar-refractivity contribution in [3.05, 3.63) is 53.4 Å². The maximum Gasteiger partial charge on any atom is 0.138 e. The van der Waals surface area contributed by atoms with E-state index in [-0.39, 0.29) is 0 Å². The predicted molar refractivity (Wildman–Crippen MR) is 144 cm³/mol. The SMILES string of the molecule is C[C@H](CC[C@H](O)c1nc2ccccc2n1C)[C@H]1CC[C@H]2C(=CC=C3C[C@@H](O)C[C@H](O)C3)CCC[C@]12C. The monoisotopic (exact) mass is 492 g/mol. The van der Waals surface area contributed by atoms with Gasteiger partial charge in [0.2, 0.25) is 0 Å². The minimum Gasteiger partial charge on any atom is -0.393 e. The van der Waals surface area contributed by atoms with Crippen LogP contribution in [0.25, 0.3) is 11.0 Å². The summed E-state index contributed by atoms with van der Waals surface area (Å²) >= 11 is 0. The van der Waals surface area contributed by atoms with E-state index in [1.165, 1.54) is 37.7 Å². The van der Waals surface area contributed by atoms with Crippen molar-refractivity contribution < 1.29 is 15.3 Å². The highest BCUT2D eigenvalue weighted by Gasteiger charge is 2.50. The van der Waals surface area contributed by atoms with Crippen molar-refractivity contribution in [3.8, 4) is 0 Å². The van der Waals surface area contributed by atoms with E-state index in [2.05, 4.69) is 32.1 Å². The van der Waals surface area contributed by atoms with Gasteiger partial charge in [-0.05, 0) is 99.5 Å². The third-order valence-electron chi connectivity index (χ3n) is 9.81. The number of nitrogens with zero attached hydrogens (tertiary/aromatic N) is 2. The van der Waals surface area contributed by atoms with E-state index in [9.17, 15) is 15.3 Å². The van der Waals surface area contributed by atoms with Gasteiger partial charge in [-0.15, -0.1) is 0 Å². The standard InChI is InChI=1S/C31H44N2O3/c1-20(10-15-29(36)30-32-27-8-4-5-9-28(27)33(30)3)25-13-14-26-22(7-6-16-31(25,26)2)12-11-21-17-23(34)19-24(35)18-21/h4-5,8-9,11-12,20,23-26,29,34-36H,6-7,10,13-19H2,1-3H3/t20-,23-,24-,25-,26+,29+,31-/m1/s1. The van der Waals surface area contributed by atoms with Gasteiger partial charge in [0.1, 0.15) is 11.9 Å². The van der Waals surface area contributed by atoms with Crippen LogP contribution in [-0.4, -0.2) is 37.1 Å². The average molecular weight is 493 g/mol. The Labute approximate surface area is 215 Å². The number of allylic oxidation sites excluding steroid dienone is 3. The summed E-state index contributed by atoms with van der Waals surface area (Å²) in [5.41, 5.74) is 5.08. The predicted octanol–water partition coefficient (Wildman–Crippen LogP) is 6.00. The van der Waals surface area contributed by atoms with Gasteiger partial charge in [0.25, 0.3) is 0 Å². The van der Waals surface area contributed by atoms with E-state index in [0.717, 1.165) is 29.7 Å². The van der Waals surface area contributed by atoms with Crippen LogP contribution < -0.4 is 0 Å². The first kappa shape index (κ1) is 25.7. The summed E-state index contributed by atoms with van der Waals surface area (Å²) in [7, 11) is 2.00. The first-order valence-electron chi connectivity index (χ1n) is 14.1. The van der Waals surface area contributed by atoms with E-state index in [4.69, 9.17) is 4.98 Å². The first-order valence-corrected chi connectivity index (χ1v) is 14.1. The molecule has 0 saturated heterocycles. The number of aliphatic hydroxyl groups is 3. The first-order chi connectivity index (χ1) is 17.3. The third-order valence-corrected chi connectivity index (χ3v) is 9.81. The summed E-state index contributed by atoms with van der Waals surface area (Å²) < 4.78 is 2.04. The number of aliphatic hydroxyl groups excluding tert-OH is 3. The van der Waals surface area contributed by atoms with Crippen LogP contribution in [0.2, 0.25) is 0 Å². The topological polar surface area (TPSA) is 78.5 Å². The van der Waals surface area contributed by atoms with Gasteiger partial charge >= 0.3 is 0 Å². The molecule has 0 amide bonds. The number of benzene rings is 1. The molecule has 0 aliphatic heterocycles. The second-order valence-electron chi connectivity index (χ2n) is 12.2. The Kier molecular flexibility index (Phi) is 7.44. The number of hydrogen-bond acceptors (Lipinski definition) is 4.